The van der Waals surface area contributed by atoms with Crippen molar-refractivity contribution in [1.29, 1.82) is 0 Å². The molecule has 0 spiro atoms. The number of aromatic nitrogens is 2. The summed E-state index contributed by atoms with van der Waals surface area (Å²) in [6.45, 7) is 1.11. The molecule has 0 bridgehead atoms. The molecule has 2 aromatic rings. The summed E-state index contributed by atoms with van der Waals surface area (Å²) in [4.78, 5) is 20.0. The minimum atomic E-state index is -0.836. The Balaban J connectivity index is 2.01. The Hall–Kier alpha value is -2.04. The number of aromatic amines is 1. The Morgan fingerprint density at radius 1 is 1.41 bits per heavy atom. The first-order chi connectivity index (χ1) is 8.25. The number of fused-ring (bicyclic) bond motifs is 3. The van der Waals surface area contributed by atoms with E-state index in [1.165, 1.54) is 10.5 Å². The molecule has 0 saturated carbocycles. The lowest BCUT2D eigenvalue weighted by Crippen LogP contribution is -2.31. The van der Waals surface area contributed by atoms with Gasteiger partial charge in [-0.3, -0.25) is 0 Å². The molecule has 0 saturated heterocycles. The van der Waals surface area contributed by atoms with Crippen molar-refractivity contribution in [3.8, 4) is 0 Å². The Morgan fingerprint density at radius 2 is 2.24 bits per heavy atom. The molecular weight excluding hydrogens is 218 g/mol. The number of hydrogen-bond donors (Lipinski definition) is 2. The van der Waals surface area contributed by atoms with Crippen LogP contribution in [0, 0.1) is 0 Å². The highest BCUT2D eigenvalue weighted by atomic mass is 16.4. The van der Waals surface area contributed by atoms with Gasteiger partial charge in [0.1, 0.15) is 5.65 Å². The van der Waals surface area contributed by atoms with Crippen molar-refractivity contribution >= 4 is 17.1 Å². The van der Waals surface area contributed by atoms with E-state index in [1.54, 1.807) is 6.20 Å². The third-order valence-electron chi connectivity index (χ3n) is 3.30. The van der Waals surface area contributed by atoms with Gasteiger partial charge < -0.3 is 15.0 Å². The molecule has 0 radical (unpaired) electrons. The minimum absolute atomic E-state index is 0.551. The molecule has 3 heterocycles. The lowest BCUT2D eigenvalue weighted by molar-refractivity contribution is 0.147. The molecule has 5 heteroatoms. The molecule has 0 aromatic carbocycles. The van der Waals surface area contributed by atoms with Crippen LogP contribution in [0.5, 0.6) is 0 Å². The first kappa shape index (κ1) is 10.1. The van der Waals surface area contributed by atoms with Gasteiger partial charge in [0, 0.05) is 36.8 Å². The summed E-state index contributed by atoms with van der Waals surface area (Å²) in [5.74, 6) is 0. The number of carboxylic acid groups (broad SMARTS) is 1. The molecule has 0 atom stereocenters. The third kappa shape index (κ3) is 1.63. The van der Waals surface area contributed by atoms with E-state index in [9.17, 15) is 4.79 Å². The van der Waals surface area contributed by atoms with Crippen molar-refractivity contribution in [3.63, 3.8) is 0 Å². The maximum absolute atomic E-state index is 10.9. The van der Waals surface area contributed by atoms with Crippen LogP contribution in [0.25, 0.3) is 11.0 Å². The number of nitrogens with zero attached hydrogens (tertiary/aromatic N) is 2. The van der Waals surface area contributed by atoms with E-state index < -0.39 is 6.09 Å². The SMILES string of the molecule is O=C(O)N1CCc2[nH]c3ncccc3c2CC1. The summed E-state index contributed by atoms with van der Waals surface area (Å²) in [6, 6.07) is 3.95. The number of amides is 1. The number of carbonyl (C=O) groups is 1. The molecule has 1 aliphatic heterocycles. The van der Waals surface area contributed by atoms with Crippen molar-refractivity contribution in [2.45, 2.75) is 12.8 Å². The largest absolute Gasteiger partial charge is 0.465 e. The van der Waals surface area contributed by atoms with Gasteiger partial charge in [-0.05, 0) is 24.1 Å². The molecule has 2 aromatic heterocycles. The second-order valence-electron chi connectivity index (χ2n) is 4.25. The Labute approximate surface area is 98.1 Å². The molecule has 0 fully saturated rings. The number of pyridine rings is 1. The van der Waals surface area contributed by atoms with Crippen LogP contribution in [-0.2, 0) is 12.8 Å². The Kier molecular flexibility index (Phi) is 2.24. The molecular formula is C12H13N3O2. The van der Waals surface area contributed by atoms with Crippen molar-refractivity contribution in [2.75, 3.05) is 13.1 Å². The first-order valence-electron chi connectivity index (χ1n) is 5.68. The molecule has 0 unspecified atom stereocenters. The second-order valence-corrected chi connectivity index (χ2v) is 4.25. The zero-order valence-electron chi connectivity index (χ0n) is 9.31. The summed E-state index contributed by atoms with van der Waals surface area (Å²) in [7, 11) is 0. The molecule has 17 heavy (non-hydrogen) atoms. The van der Waals surface area contributed by atoms with Crippen molar-refractivity contribution in [3.05, 3.63) is 29.6 Å². The van der Waals surface area contributed by atoms with E-state index in [0.29, 0.717) is 13.1 Å². The molecule has 88 valence electrons. The van der Waals surface area contributed by atoms with Gasteiger partial charge in [-0.25, -0.2) is 9.78 Å². The number of nitrogens with one attached hydrogen (secondary N) is 1. The Bertz CT molecular complexity index is 576. The van der Waals surface area contributed by atoms with E-state index >= 15 is 0 Å². The highest BCUT2D eigenvalue weighted by Gasteiger charge is 2.20. The van der Waals surface area contributed by atoms with Gasteiger partial charge >= 0.3 is 6.09 Å². The monoisotopic (exact) mass is 231 g/mol. The van der Waals surface area contributed by atoms with Gasteiger partial charge in [0.25, 0.3) is 0 Å². The fraction of sp³-hybridized carbons (Fsp3) is 0.333. The summed E-state index contributed by atoms with van der Waals surface area (Å²) in [6.07, 6.45) is 2.42. The van der Waals surface area contributed by atoms with Crippen molar-refractivity contribution < 1.29 is 9.90 Å². The van der Waals surface area contributed by atoms with E-state index in [-0.39, 0.29) is 0 Å². The van der Waals surface area contributed by atoms with Crippen molar-refractivity contribution in [1.82, 2.24) is 14.9 Å². The van der Waals surface area contributed by atoms with E-state index in [2.05, 4.69) is 9.97 Å². The average molecular weight is 231 g/mol. The van der Waals surface area contributed by atoms with Crippen LogP contribution in [0.3, 0.4) is 0 Å². The standard InChI is InChI=1S/C12H13N3O2/c16-12(17)15-6-3-8-9-2-1-5-13-11(9)14-10(8)4-7-15/h1-2,5H,3-4,6-7H2,(H,13,14)(H,16,17). The molecule has 1 aliphatic rings. The Morgan fingerprint density at radius 3 is 3.06 bits per heavy atom. The zero-order valence-corrected chi connectivity index (χ0v) is 9.31. The van der Waals surface area contributed by atoms with Gasteiger partial charge in [-0.15, -0.1) is 0 Å². The van der Waals surface area contributed by atoms with E-state index in [1.807, 2.05) is 12.1 Å². The van der Waals surface area contributed by atoms with Gasteiger partial charge in [-0.2, -0.15) is 0 Å². The topological polar surface area (TPSA) is 69.2 Å². The van der Waals surface area contributed by atoms with Crippen LogP contribution in [0.4, 0.5) is 4.79 Å². The highest BCUT2D eigenvalue weighted by molar-refractivity contribution is 5.81. The number of H-pyrrole nitrogens is 1. The zero-order chi connectivity index (χ0) is 11.8. The highest BCUT2D eigenvalue weighted by Crippen LogP contribution is 2.24. The van der Waals surface area contributed by atoms with Gasteiger partial charge in [0.15, 0.2) is 0 Å². The summed E-state index contributed by atoms with van der Waals surface area (Å²) in [5.41, 5.74) is 3.25. The maximum Gasteiger partial charge on any atom is 0.407 e. The quantitative estimate of drug-likeness (QED) is 0.724. The fourth-order valence-electron chi connectivity index (χ4n) is 2.42. The van der Waals surface area contributed by atoms with E-state index in [4.69, 9.17) is 5.11 Å². The summed E-state index contributed by atoms with van der Waals surface area (Å²) >= 11 is 0. The van der Waals surface area contributed by atoms with Crippen molar-refractivity contribution in [2.24, 2.45) is 0 Å². The van der Waals surface area contributed by atoms with Crippen LogP contribution >= 0.6 is 0 Å². The molecule has 1 amide bonds. The minimum Gasteiger partial charge on any atom is -0.465 e. The van der Waals surface area contributed by atoms with Crippen LogP contribution in [0.2, 0.25) is 0 Å². The van der Waals surface area contributed by atoms with Crippen LogP contribution in [0.1, 0.15) is 11.3 Å². The molecule has 5 nitrogen and oxygen atoms in total. The molecule has 3 rings (SSSR count). The fourth-order valence-corrected chi connectivity index (χ4v) is 2.42. The predicted octanol–water partition coefficient (Wildman–Crippen LogP) is 1.64. The lowest BCUT2D eigenvalue weighted by atomic mass is 10.1. The smallest absolute Gasteiger partial charge is 0.407 e. The lowest BCUT2D eigenvalue weighted by Gasteiger charge is -2.15. The molecule has 0 aliphatic carbocycles. The number of rotatable bonds is 0. The number of hydrogen-bond acceptors (Lipinski definition) is 2. The van der Waals surface area contributed by atoms with Gasteiger partial charge in [-0.1, -0.05) is 0 Å². The van der Waals surface area contributed by atoms with Crippen LogP contribution in [0.15, 0.2) is 18.3 Å². The van der Waals surface area contributed by atoms with Gasteiger partial charge in [0.05, 0.1) is 0 Å². The normalized spacial score (nSPS) is 15.6. The summed E-state index contributed by atoms with van der Waals surface area (Å²) < 4.78 is 0. The molecule has 2 N–H and O–H groups in total. The average Bonchev–Trinajstić information content (AvgIpc) is 2.53. The second kappa shape index (κ2) is 3.76. The third-order valence-corrected chi connectivity index (χ3v) is 3.30. The first-order valence-corrected chi connectivity index (χ1v) is 5.68. The van der Waals surface area contributed by atoms with Gasteiger partial charge in [0.2, 0.25) is 0 Å². The predicted molar refractivity (Wildman–Crippen MR) is 63.1 cm³/mol. The van der Waals surface area contributed by atoms with Crippen LogP contribution < -0.4 is 0 Å². The maximum atomic E-state index is 10.9. The summed E-state index contributed by atoms with van der Waals surface area (Å²) in [5, 5.41) is 10.1. The van der Waals surface area contributed by atoms with E-state index in [0.717, 1.165) is 29.6 Å². The van der Waals surface area contributed by atoms with Crippen LogP contribution in [-0.4, -0.2) is 39.2 Å².